The van der Waals surface area contributed by atoms with Gasteiger partial charge >= 0.3 is 0 Å². The number of hydrogen-bond donors (Lipinski definition) is 2. The van der Waals surface area contributed by atoms with Gasteiger partial charge in [0.1, 0.15) is 17.5 Å². The SMILES string of the molecule is CC(NCC(O)c1ccc(F)cc1F)c1cccc(F)c1. The van der Waals surface area contributed by atoms with Crippen molar-refractivity contribution >= 4 is 0 Å². The molecule has 2 rings (SSSR count). The quantitative estimate of drug-likeness (QED) is 0.885. The van der Waals surface area contributed by atoms with E-state index in [-0.39, 0.29) is 24.0 Å². The zero-order valence-electron chi connectivity index (χ0n) is 11.5. The Balaban J connectivity index is 1.99. The molecule has 2 atom stereocenters. The van der Waals surface area contributed by atoms with Gasteiger partial charge < -0.3 is 10.4 Å². The highest BCUT2D eigenvalue weighted by Gasteiger charge is 2.15. The normalized spacial score (nSPS) is 14.0. The molecule has 0 radical (unpaired) electrons. The summed E-state index contributed by atoms with van der Waals surface area (Å²) in [4.78, 5) is 0. The largest absolute Gasteiger partial charge is 0.387 e. The minimum Gasteiger partial charge on any atom is -0.387 e. The van der Waals surface area contributed by atoms with Crippen LogP contribution in [-0.2, 0) is 0 Å². The fourth-order valence-electron chi connectivity index (χ4n) is 2.06. The van der Waals surface area contributed by atoms with Gasteiger partial charge in [0.25, 0.3) is 0 Å². The molecule has 5 heteroatoms. The molecule has 112 valence electrons. The van der Waals surface area contributed by atoms with Crippen LogP contribution in [0, 0.1) is 17.5 Å². The van der Waals surface area contributed by atoms with Crippen LogP contribution < -0.4 is 5.32 Å². The Morgan fingerprint density at radius 3 is 2.43 bits per heavy atom. The third-order valence-corrected chi connectivity index (χ3v) is 3.29. The lowest BCUT2D eigenvalue weighted by molar-refractivity contribution is 0.166. The van der Waals surface area contributed by atoms with Crippen molar-refractivity contribution < 1.29 is 18.3 Å². The predicted molar refractivity (Wildman–Crippen MR) is 74.1 cm³/mol. The molecule has 21 heavy (non-hydrogen) atoms. The van der Waals surface area contributed by atoms with Crippen LogP contribution in [0.3, 0.4) is 0 Å². The number of benzene rings is 2. The molecule has 0 aliphatic carbocycles. The van der Waals surface area contributed by atoms with Crippen molar-refractivity contribution in [1.82, 2.24) is 5.32 Å². The van der Waals surface area contributed by atoms with Crippen molar-refractivity contribution in [2.75, 3.05) is 6.54 Å². The Hall–Kier alpha value is -1.85. The van der Waals surface area contributed by atoms with Crippen molar-refractivity contribution in [3.63, 3.8) is 0 Å². The second-order valence-electron chi connectivity index (χ2n) is 4.87. The fourth-order valence-corrected chi connectivity index (χ4v) is 2.06. The van der Waals surface area contributed by atoms with Gasteiger partial charge in [0.05, 0.1) is 6.10 Å². The number of rotatable bonds is 5. The summed E-state index contributed by atoms with van der Waals surface area (Å²) in [6.07, 6.45) is -1.11. The first-order valence-electron chi connectivity index (χ1n) is 6.59. The van der Waals surface area contributed by atoms with E-state index < -0.39 is 17.7 Å². The minimum atomic E-state index is -1.11. The summed E-state index contributed by atoms with van der Waals surface area (Å²) in [5.74, 6) is -1.82. The van der Waals surface area contributed by atoms with E-state index in [0.29, 0.717) is 0 Å². The molecule has 0 bridgehead atoms. The molecule has 0 saturated heterocycles. The molecule has 0 heterocycles. The van der Waals surface area contributed by atoms with Crippen LogP contribution in [0.1, 0.15) is 30.2 Å². The summed E-state index contributed by atoms with van der Waals surface area (Å²) in [6, 6.07) is 8.92. The predicted octanol–water partition coefficient (Wildman–Crippen LogP) is 3.49. The van der Waals surface area contributed by atoms with Crippen LogP contribution in [-0.4, -0.2) is 11.7 Å². The standard InChI is InChI=1S/C16H16F3NO/c1-10(11-3-2-4-12(17)7-11)20-9-16(21)14-6-5-13(18)8-15(14)19/h2-8,10,16,20-21H,9H2,1H3. The van der Waals surface area contributed by atoms with E-state index >= 15 is 0 Å². The maximum Gasteiger partial charge on any atom is 0.131 e. The number of nitrogens with one attached hydrogen (secondary N) is 1. The second kappa shape index (κ2) is 6.74. The molecule has 2 unspecified atom stereocenters. The fraction of sp³-hybridized carbons (Fsp3) is 0.250. The lowest BCUT2D eigenvalue weighted by Crippen LogP contribution is -2.25. The Bertz CT molecular complexity index is 618. The summed E-state index contributed by atoms with van der Waals surface area (Å²) < 4.78 is 39.5. The maximum absolute atomic E-state index is 13.5. The van der Waals surface area contributed by atoms with Crippen molar-refractivity contribution in [1.29, 1.82) is 0 Å². The van der Waals surface area contributed by atoms with E-state index in [4.69, 9.17) is 0 Å². The van der Waals surface area contributed by atoms with Gasteiger partial charge in [-0.05, 0) is 30.7 Å². The van der Waals surface area contributed by atoms with E-state index in [0.717, 1.165) is 17.7 Å². The molecule has 0 aliphatic rings. The van der Waals surface area contributed by atoms with Gasteiger partial charge in [-0.15, -0.1) is 0 Å². The molecule has 0 amide bonds. The Morgan fingerprint density at radius 1 is 1.05 bits per heavy atom. The van der Waals surface area contributed by atoms with E-state index in [9.17, 15) is 18.3 Å². The van der Waals surface area contributed by atoms with Crippen LogP contribution in [0.5, 0.6) is 0 Å². The average Bonchev–Trinajstić information content (AvgIpc) is 2.44. The Morgan fingerprint density at radius 2 is 1.76 bits per heavy atom. The second-order valence-corrected chi connectivity index (χ2v) is 4.87. The lowest BCUT2D eigenvalue weighted by Gasteiger charge is -2.18. The zero-order valence-corrected chi connectivity index (χ0v) is 11.5. The third kappa shape index (κ3) is 4.06. The third-order valence-electron chi connectivity index (χ3n) is 3.29. The van der Waals surface area contributed by atoms with Gasteiger partial charge in [-0.1, -0.05) is 18.2 Å². The van der Waals surface area contributed by atoms with Gasteiger partial charge in [-0.2, -0.15) is 0 Å². The summed E-state index contributed by atoms with van der Waals surface area (Å²) >= 11 is 0. The molecular formula is C16H16F3NO. The Labute approximate surface area is 121 Å². The lowest BCUT2D eigenvalue weighted by atomic mass is 10.1. The van der Waals surface area contributed by atoms with Crippen molar-refractivity contribution in [2.45, 2.75) is 19.1 Å². The van der Waals surface area contributed by atoms with Crippen LogP contribution in [0.25, 0.3) is 0 Å². The van der Waals surface area contributed by atoms with Gasteiger partial charge in [-0.25, -0.2) is 13.2 Å². The molecule has 2 nitrogen and oxygen atoms in total. The summed E-state index contributed by atoms with van der Waals surface area (Å²) in [7, 11) is 0. The van der Waals surface area contributed by atoms with E-state index in [1.54, 1.807) is 12.1 Å². The number of aliphatic hydroxyl groups is 1. The number of hydrogen-bond acceptors (Lipinski definition) is 2. The highest BCUT2D eigenvalue weighted by molar-refractivity contribution is 5.22. The highest BCUT2D eigenvalue weighted by Crippen LogP contribution is 2.19. The highest BCUT2D eigenvalue weighted by atomic mass is 19.1. The van der Waals surface area contributed by atoms with E-state index in [1.165, 1.54) is 18.2 Å². The molecule has 0 spiro atoms. The van der Waals surface area contributed by atoms with Crippen LogP contribution in [0.4, 0.5) is 13.2 Å². The topological polar surface area (TPSA) is 32.3 Å². The average molecular weight is 295 g/mol. The van der Waals surface area contributed by atoms with E-state index in [2.05, 4.69) is 5.32 Å². The van der Waals surface area contributed by atoms with Crippen LogP contribution >= 0.6 is 0 Å². The molecule has 2 aromatic rings. The molecular weight excluding hydrogens is 279 g/mol. The summed E-state index contributed by atoms with van der Waals surface area (Å²) in [6.45, 7) is 1.88. The minimum absolute atomic E-state index is 0.0235. The molecule has 2 aromatic carbocycles. The zero-order chi connectivity index (χ0) is 15.4. The Kier molecular flexibility index (Phi) is 4.98. The maximum atomic E-state index is 13.5. The van der Waals surface area contributed by atoms with Crippen molar-refractivity contribution in [3.05, 3.63) is 71.0 Å². The number of halogens is 3. The van der Waals surface area contributed by atoms with Crippen molar-refractivity contribution in [2.24, 2.45) is 0 Å². The smallest absolute Gasteiger partial charge is 0.131 e. The first-order chi connectivity index (χ1) is 9.97. The summed E-state index contributed by atoms with van der Waals surface area (Å²) in [5, 5.41) is 12.9. The molecule has 2 N–H and O–H groups in total. The van der Waals surface area contributed by atoms with Gasteiger partial charge in [0.2, 0.25) is 0 Å². The molecule has 0 fully saturated rings. The van der Waals surface area contributed by atoms with Gasteiger partial charge in [0.15, 0.2) is 0 Å². The van der Waals surface area contributed by atoms with Crippen LogP contribution in [0.15, 0.2) is 42.5 Å². The van der Waals surface area contributed by atoms with Crippen LogP contribution in [0.2, 0.25) is 0 Å². The van der Waals surface area contributed by atoms with E-state index in [1.807, 2.05) is 6.92 Å². The van der Waals surface area contributed by atoms with Gasteiger partial charge in [-0.3, -0.25) is 0 Å². The molecule has 0 aromatic heterocycles. The monoisotopic (exact) mass is 295 g/mol. The van der Waals surface area contributed by atoms with Gasteiger partial charge in [0, 0.05) is 24.2 Å². The number of aliphatic hydroxyl groups excluding tert-OH is 1. The first kappa shape index (κ1) is 15.5. The summed E-state index contributed by atoms with van der Waals surface area (Å²) in [5.41, 5.74) is 0.747. The molecule has 0 aliphatic heterocycles. The molecule has 0 saturated carbocycles. The first-order valence-corrected chi connectivity index (χ1v) is 6.59. The van der Waals surface area contributed by atoms with Crippen molar-refractivity contribution in [3.8, 4) is 0 Å².